The molecule has 2 rings (SSSR count). The van der Waals surface area contributed by atoms with Gasteiger partial charge < -0.3 is 14.9 Å². The number of ether oxygens (including phenoxy) is 1. The van der Waals surface area contributed by atoms with Crippen LogP contribution >= 0.6 is 0 Å². The summed E-state index contributed by atoms with van der Waals surface area (Å²) in [6.07, 6.45) is 2.27. The first-order valence-corrected chi connectivity index (χ1v) is 7.78. The van der Waals surface area contributed by atoms with Crippen molar-refractivity contribution in [1.29, 1.82) is 0 Å². The number of rotatable bonds is 6. The van der Waals surface area contributed by atoms with Crippen LogP contribution < -0.4 is 4.74 Å². The fourth-order valence-electron chi connectivity index (χ4n) is 3.30. The first kappa shape index (κ1) is 16.3. The van der Waals surface area contributed by atoms with Crippen molar-refractivity contribution in [3.63, 3.8) is 0 Å². The number of likely N-dealkylation sites (tertiary alicyclic amines) is 1. The molecule has 0 amide bonds. The molecule has 4 heteroatoms. The lowest BCUT2D eigenvalue weighted by Gasteiger charge is -2.44. The molecule has 0 unspecified atom stereocenters. The largest absolute Gasteiger partial charge is 0.497 e. The monoisotopic (exact) mass is 293 g/mol. The number of aliphatic hydroxyl groups is 2. The van der Waals surface area contributed by atoms with Gasteiger partial charge in [-0.2, -0.15) is 0 Å². The average Bonchev–Trinajstić information content (AvgIpc) is 2.50. The molecule has 1 heterocycles. The Morgan fingerprint density at radius 2 is 2.24 bits per heavy atom. The molecule has 1 saturated heterocycles. The second-order valence-corrected chi connectivity index (χ2v) is 6.12. The molecule has 0 spiro atoms. The van der Waals surface area contributed by atoms with Crippen molar-refractivity contribution in [2.24, 2.45) is 5.41 Å². The lowest BCUT2D eigenvalue weighted by molar-refractivity contribution is -0.0802. The van der Waals surface area contributed by atoms with Gasteiger partial charge in [-0.15, -0.1) is 0 Å². The van der Waals surface area contributed by atoms with Crippen molar-refractivity contribution in [2.45, 2.75) is 38.8 Å². The zero-order valence-electron chi connectivity index (χ0n) is 13.1. The van der Waals surface area contributed by atoms with Gasteiger partial charge in [0.15, 0.2) is 0 Å². The van der Waals surface area contributed by atoms with E-state index in [1.165, 1.54) is 5.56 Å². The van der Waals surface area contributed by atoms with Crippen molar-refractivity contribution in [2.75, 3.05) is 26.8 Å². The zero-order chi connectivity index (χ0) is 15.3. The molecule has 1 aromatic carbocycles. The first-order valence-electron chi connectivity index (χ1n) is 7.78. The predicted molar refractivity (Wildman–Crippen MR) is 83.3 cm³/mol. The highest BCUT2D eigenvalue weighted by atomic mass is 16.5. The second kappa shape index (κ2) is 7.25. The van der Waals surface area contributed by atoms with E-state index in [0.29, 0.717) is 6.54 Å². The number of β-amino-alcohol motifs (C(OH)–C–C–N with tert-alkyl or cyclic N) is 1. The Hall–Kier alpha value is -1.10. The summed E-state index contributed by atoms with van der Waals surface area (Å²) in [7, 11) is 1.67. The fourth-order valence-corrected chi connectivity index (χ4v) is 3.30. The molecule has 1 aliphatic rings. The van der Waals surface area contributed by atoms with Gasteiger partial charge in [-0.1, -0.05) is 25.5 Å². The summed E-state index contributed by atoms with van der Waals surface area (Å²) in [5, 5.41) is 20.2. The number of hydrogen-bond acceptors (Lipinski definition) is 4. The summed E-state index contributed by atoms with van der Waals surface area (Å²) < 4.78 is 5.25. The van der Waals surface area contributed by atoms with E-state index in [0.717, 1.165) is 38.1 Å². The third-order valence-corrected chi connectivity index (χ3v) is 4.67. The van der Waals surface area contributed by atoms with Crippen LogP contribution in [0.15, 0.2) is 24.3 Å². The maximum atomic E-state index is 10.5. The van der Waals surface area contributed by atoms with E-state index in [1.807, 2.05) is 18.2 Å². The summed E-state index contributed by atoms with van der Waals surface area (Å²) in [4.78, 5) is 2.25. The first-order chi connectivity index (χ1) is 10.1. The average molecular weight is 293 g/mol. The highest BCUT2D eigenvalue weighted by molar-refractivity contribution is 5.28. The topological polar surface area (TPSA) is 52.9 Å². The predicted octanol–water partition coefficient (Wildman–Crippen LogP) is 2.04. The lowest BCUT2D eigenvalue weighted by atomic mass is 9.73. The van der Waals surface area contributed by atoms with E-state index in [9.17, 15) is 10.2 Å². The summed E-state index contributed by atoms with van der Waals surface area (Å²) >= 11 is 0. The van der Waals surface area contributed by atoms with Crippen LogP contribution in [0, 0.1) is 5.41 Å². The van der Waals surface area contributed by atoms with Gasteiger partial charge in [-0.05, 0) is 37.1 Å². The number of benzene rings is 1. The summed E-state index contributed by atoms with van der Waals surface area (Å²) in [5.41, 5.74) is 0.883. The third kappa shape index (κ3) is 3.76. The minimum Gasteiger partial charge on any atom is -0.497 e. The quantitative estimate of drug-likeness (QED) is 0.843. The molecule has 0 aromatic heterocycles. The van der Waals surface area contributed by atoms with Crippen molar-refractivity contribution < 1.29 is 14.9 Å². The van der Waals surface area contributed by atoms with Crippen molar-refractivity contribution in [1.82, 2.24) is 4.90 Å². The molecular formula is C17H27NO3. The molecule has 4 nitrogen and oxygen atoms in total. The van der Waals surface area contributed by atoms with Gasteiger partial charge in [0.25, 0.3) is 0 Å². The van der Waals surface area contributed by atoms with Gasteiger partial charge in [0.05, 0.1) is 19.8 Å². The van der Waals surface area contributed by atoms with E-state index >= 15 is 0 Å². The molecule has 0 aliphatic carbocycles. The van der Waals surface area contributed by atoms with Crippen LogP contribution in [-0.4, -0.2) is 48.0 Å². The molecule has 0 bridgehead atoms. The number of hydrogen-bond donors (Lipinski definition) is 2. The van der Waals surface area contributed by atoms with E-state index < -0.39 is 6.10 Å². The van der Waals surface area contributed by atoms with Gasteiger partial charge in [-0.25, -0.2) is 0 Å². The number of piperidine rings is 1. The Labute approximate surface area is 127 Å². The highest BCUT2D eigenvalue weighted by Crippen LogP contribution is 2.36. The number of nitrogens with zero attached hydrogens (tertiary/aromatic N) is 1. The Bertz CT molecular complexity index is 451. The van der Waals surface area contributed by atoms with Crippen LogP contribution in [-0.2, 0) is 6.54 Å². The van der Waals surface area contributed by atoms with Crippen molar-refractivity contribution >= 4 is 0 Å². The maximum absolute atomic E-state index is 10.5. The molecule has 2 N–H and O–H groups in total. The Balaban J connectivity index is 1.98. The maximum Gasteiger partial charge on any atom is 0.119 e. The number of aliphatic hydroxyl groups excluding tert-OH is 2. The van der Waals surface area contributed by atoms with E-state index in [1.54, 1.807) is 7.11 Å². The second-order valence-electron chi connectivity index (χ2n) is 6.12. The molecule has 118 valence electrons. The van der Waals surface area contributed by atoms with Crippen LogP contribution in [0.1, 0.15) is 31.7 Å². The van der Waals surface area contributed by atoms with E-state index in [-0.39, 0.29) is 12.0 Å². The van der Waals surface area contributed by atoms with Crippen LogP contribution in [0.2, 0.25) is 0 Å². The van der Waals surface area contributed by atoms with Crippen LogP contribution in [0.25, 0.3) is 0 Å². The Kier molecular flexibility index (Phi) is 5.62. The smallest absolute Gasteiger partial charge is 0.119 e. The SMILES string of the molecule is CCC[C@]1(CO)CCN(Cc2cccc(OC)c2)C[C@H]1O. The Morgan fingerprint density at radius 3 is 2.86 bits per heavy atom. The Morgan fingerprint density at radius 1 is 1.43 bits per heavy atom. The number of methoxy groups -OCH3 is 1. The molecule has 1 aliphatic heterocycles. The van der Waals surface area contributed by atoms with E-state index in [2.05, 4.69) is 17.9 Å². The van der Waals surface area contributed by atoms with Crippen LogP contribution in [0.5, 0.6) is 5.75 Å². The fraction of sp³-hybridized carbons (Fsp3) is 0.647. The summed E-state index contributed by atoms with van der Waals surface area (Å²) in [5.74, 6) is 0.862. The van der Waals surface area contributed by atoms with Gasteiger partial charge in [0.2, 0.25) is 0 Å². The minimum atomic E-state index is -0.457. The normalized spacial score (nSPS) is 26.8. The van der Waals surface area contributed by atoms with Crippen LogP contribution in [0.4, 0.5) is 0 Å². The van der Waals surface area contributed by atoms with Crippen molar-refractivity contribution in [3.05, 3.63) is 29.8 Å². The molecule has 2 atom stereocenters. The molecule has 1 aromatic rings. The third-order valence-electron chi connectivity index (χ3n) is 4.67. The van der Waals surface area contributed by atoms with Gasteiger partial charge >= 0.3 is 0 Å². The molecule has 21 heavy (non-hydrogen) atoms. The zero-order valence-corrected chi connectivity index (χ0v) is 13.1. The van der Waals surface area contributed by atoms with Crippen molar-refractivity contribution in [3.8, 4) is 5.75 Å². The standard InChI is InChI=1S/C17H27NO3/c1-3-7-17(13-19)8-9-18(12-16(17)20)11-14-5-4-6-15(10-14)21-2/h4-6,10,16,19-20H,3,7-9,11-13H2,1-2H3/t16-,17-/m1/s1. The molecule has 1 fully saturated rings. The summed E-state index contributed by atoms with van der Waals surface area (Å²) in [6, 6.07) is 8.04. The summed E-state index contributed by atoms with van der Waals surface area (Å²) in [6.45, 7) is 4.52. The van der Waals surface area contributed by atoms with Gasteiger partial charge in [-0.3, -0.25) is 4.90 Å². The minimum absolute atomic E-state index is 0.0784. The molecular weight excluding hydrogens is 266 g/mol. The van der Waals surface area contributed by atoms with Gasteiger partial charge in [0.1, 0.15) is 5.75 Å². The lowest BCUT2D eigenvalue weighted by Crippen LogP contribution is -2.52. The molecule has 0 radical (unpaired) electrons. The molecule has 0 saturated carbocycles. The van der Waals surface area contributed by atoms with Gasteiger partial charge in [0, 0.05) is 18.5 Å². The van der Waals surface area contributed by atoms with E-state index in [4.69, 9.17) is 4.74 Å². The van der Waals surface area contributed by atoms with Crippen LogP contribution in [0.3, 0.4) is 0 Å². The highest BCUT2D eigenvalue weighted by Gasteiger charge is 2.40.